The molecule has 0 spiro atoms. The van der Waals surface area contributed by atoms with Gasteiger partial charge in [0, 0.05) is 6.42 Å². The topological polar surface area (TPSA) is 84.1 Å². The van der Waals surface area contributed by atoms with Gasteiger partial charge in [-0.2, -0.15) is 0 Å². The molecule has 2 aromatic rings. The van der Waals surface area contributed by atoms with Crippen molar-refractivity contribution in [2.45, 2.75) is 6.42 Å². The molecule has 0 aromatic carbocycles. The van der Waals surface area contributed by atoms with Crippen molar-refractivity contribution in [2.24, 2.45) is 0 Å². The number of methoxy groups -OCH3 is 1. The highest BCUT2D eigenvalue weighted by Gasteiger charge is 2.16. The van der Waals surface area contributed by atoms with Crippen molar-refractivity contribution in [3.8, 4) is 5.75 Å². The first-order valence-corrected chi connectivity index (χ1v) is 5.06. The molecular formula is C11H12N2O4. The normalized spacial score (nSPS) is 10.7. The van der Waals surface area contributed by atoms with Gasteiger partial charge in [-0.15, -0.1) is 0 Å². The summed E-state index contributed by atoms with van der Waals surface area (Å²) in [7, 11) is 1.53. The van der Waals surface area contributed by atoms with Gasteiger partial charge >= 0.3 is 5.97 Å². The van der Waals surface area contributed by atoms with Crippen molar-refractivity contribution in [1.29, 1.82) is 0 Å². The van der Waals surface area contributed by atoms with Crippen molar-refractivity contribution in [1.82, 2.24) is 9.38 Å². The zero-order valence-electron chi connectivity index (χ0n) is 9.25. The van der Waals surface area contributed by atoms with E-state index >= 15 is 0 Å². The van der Waals surface area contributed by atoms with Gasteiger partial charge in [-0.25, -0.2) is 9.78 Å². The first-order valence-electron chi connectivity index (χ1n) is 5.06. The van der Waals surface area contributed by atoms with Gasteiger partial charge in [0.05, 0.1) is 25.4 Å². The highest BCUT2D eigenvalue weighted by Crippen LogP contribution is 2.18. The van der Waals surface area contributed by atoms with Crippen LogP contribution in [0, 0.1) is 0 Å². The van der Waals surface area contributed by atoms with E-state index in [1.165, 1.54) is 7.11 Å². The third-order valence-corrected chi connectivity index (χ3v) is 2.46. The first kappa shape index (κ1) is 11.4. The Balaban J connectivity index is 2.67. The fourth-order valence-corrected chi connectivity index (χ4v) is 1.68. The third-order valence-electron chi connectivity index (χ3n) is 2.46. The molecule has 0 aliphatic heterocycles. The van der Waals surface area contributed by atoms with Crippen LogP contribution in [-0.2, 0) is 6.42 Å². The molecule has 2 heterocycles. The van der Waals surface area contributed by atoms with Crippen molar-refractivity contribution in [3.05, 3.63) is 29.8 Å². The standard InChI is InChI=1S/C11H12N2O4/c1-17-7-2-3-8-10(11(15)16)12-9(4-5-14)13(8)6-7/h2-3,6,14H,4-5H2,1H3,(H,15,16). The number of carboxylic acid groups (broad SMARTS) is 1. The van der Waals surface area contributed by atoms with E-state index in [1.54, 1.807) is 22.7 Å². The second-order valence-electron chi connectivity index (χ2n) is 3.48. The summed E-state index contributed by atoms with van der Waals surface area (Å²) in [4.78, 5) is 15.0. The van der Waals surface area contributed by atoms with E-state index < -0.39 is 5.97 Å². The van der Waals surface area contributed by atoms with Crippen molar-refractivity contribution < 1.29 is 19.7 Å². The smallest absolute Gasteiger partial charge is 0.356 e. The summed E-state index contributed by atoms with van der Waals surface area (Å²) in [5, 5.41) is 17.9. The molecule has 0 radical (unpaired) electrons. The molecule has 2 rings (SSSR count). The first-order chi connectivity index (χ1) is 8.17. The summed E-state index contributed by atoms with van der Waals surface area (Å²) in [6.45, 7) is -0.0879. The van der Waals surface area contributed by atoms with E-state index in [-0.39, 0.29) is 12.3 Å². The molecule has 2 aromatic heterocycles. The second kappa shape index (κ2) is 4.42. The van der Waals surface area contributed by atoms with E-state index in [1.807, 2.05) is 0 Å². The van der Waals surface area contributed by atoms with E-state index in [4.69, 9.17) is 14.9 Å². The van der Waals surface area contributed by atoms with Gasteiger partial charge in [0.2, 0.25) is 0 Å². The molecular weight excluding hydrogens is 224 g/mol. The molecule has 0 aliphatic rings. The Kier molecular flexibility index (Phi) is 2.97. The zero-order valence-corrected chi connectivity index (χ0v) is 9.25. The molecule has 2 N–H and O–H groups in total. The van der Waals surface area contributed by atoms with Crippen LogP contribution in [0.5, 0.6) is 5.75 Å². The number of carboxylic acids is 1. The minimum absolute atomic E-state index is 0.0175. The van der Waals surface area contributed by atoms with Gasteiger partial charge in [0.15, 0.2) is 5.69 Å². The summed E-state index contributed by atoms with van der Waals surface area (Å²) in [6.07, 6.45) is 1.95. The number of fused-ring (bicyclic) bond motifs is 1. The number of rotatable bonds is 4. The van der Waals surface area contributed by atoms with Crippen LogP contribution in [0.25, 0.3) is 5.52 Å². The van der Waals surface area contributed by atoms with Crippen LogP contribution >= 0.6 is 0 Å². The predicted molar refractivity (Wildman–Crippen MR) is 59.5 cm³/mol. The SMILES string of the molecule is COc1ccc2c(C(=O)O)nc(CCO)n2c1. The average Bonchev–Trinajstić information content (AvgIpc) is 2.68. The molecule has 0 unspecified atom stereocenters. The monoisotopic (exact) mass is 236 g/mol. The quantitative estimate of drug-likeness (QED) is 0.811. The fourth-order valence-electron chi connectivity index (χ4n) is 1.68. The maximum atomic E-state index is 11.0. The summed E-state index contributed by atoms with van der Waals surface area (Å²) >= 11 is 0. The van der Waals surface area contributed by atoms with Crippen molar-refractivity contribution in [2.75, 3.05) is 13.7 Å². The predicted octanol–water partition coefficient (Wildman–Crippen LogP) is 0.576. The summed E-state index contributed by atoms with van der Waals surface area (Å²) < 4.78 is 6.69. The molecule has 17 heavy (non-hydrogen) atoms. The van der Waals surface area contributed by atoms with Crippen LogP contribution in [0.15, 0.2) is 18.3 Å². The number of aromatic nitrogens is 2. The lowest BCUT2D eigenvalue weighted by Crippen LogP contribution is -1.99. The number of imidazole rings is 1. The largest absolute Gasteiger partial charge is 0.495 e. The highest BCUT2D eigenvalue weighted by molar-refractivity contribution is 5.93. The van der Waals surface area contributed by atoms with E-state index in [0.29, 0.717) is 23.5 Å². The number of hydrogen-bond donors (Lipinski definition) is 2. The van der Waals surface area contributed by atoms with Crippen LogP contribution in [0.1, 0.15) is 16.3 Å². The van der Waals surface area contributed by atoms with Crippen LogP contribution in [0.3, 0.4) is 0 Å². The van der Waals surface area contributed by atoms with Crippen LogP contribution < -0.4 is 4.74 Å². The second-order valence-corrected chi connectivity index (χ2v) is 3.48. The number of pyridine rings is 1. The molecule has 6 nitrogen and oxygen atoms in total. The number of nitrogens with zero attached hydrogens (tertiary/aromatic N) is 2. The third kappa shape index (κ3) is 1.94. The Morgan fingerprint density at radius 2 is 2.29 bits per heavy atom. The average molecular weight is 236 g/mol. The number of aliphatic hydroxyl groups is 1. The molecule has 0 bridgehead atoms. The number of ether oxygens (including phenoxy) is 1. The lowest BCUT2D eigenvalue weighted by molar-refractivity contribution is 0.0693. The number of aromatic carboxylic acids is 1. The Morgan fingerprint density at radius 3 is 2.88 bits per heavy atom. The molecule has 0 fully saturated rings. The fraction of sp³-hybridized carbons (Fsp3) is 0.273. The van der Waals surface area contributed by atoms with Gasteiger partial charge in [0.25, 0.3) is 0 Å². The Labute approximate surface area is 97.1 Å². The summed E-state index contributed by atoms with van der Waals surface area (Å²) in [6, 6.07) is 3.31. The lowest BCUT2D eigenvalue weighted by Gasteiger charge is -2.02. The van der Waals surface area contributed by atoms with Crippen LogP contribution in [0.4, 0.5) is 0 Å². The highest BCUT2D eigenvalue weighted by atomic mass is 16.5. The minimum Gasteiger partial charge on any atom is -0.495 e. The summed E-state index contributed by atoms with van der Waals surface area (Å²) in [5.41, 5.74) is 0.470. The van der Waals surface area contributed by atoms with Gasteiger partial charge < -0.3 is 14.9 Å². The molecule has 0 saturated carbocycles. The Bertz CT molecular complexity index is 562. The Hall–Kier alpha value is -2.08. The van der Waals surface area contributed by atoms with E-state index in [2.05, 4.69) is 4.98 Å². The molecule has 6 heteroatoms. The van der Waals surface area contributed by atoms with Crippen molar-refractivity contribution in [3.63, 3.8) is 0 Å². The van der Waals surface area contributed by atoms with Gasteiger partial charge in [-0.1, -0.05) is 0 Å². The maximum Gasteiger partial charge on any atom is 0.356 e. The van der Waals surface area contributed by atoms with Crippen molar-refractivity contribution >= 4 is 11.5 Å². The van der Waals surface area contributed by atoms with Gasteiger partial charge in [-0.05, 0) is 12.1 Å². The molecule has 0 aliphatic carbocycles. The molecule has 90 valence electrons. The number of carbonyl (C=O) groups is 1. The van der Waals surface area contributed by atoms with E-state index in [9.17, 15) is 4.79 Å². The van der Waals surface area contributed by atoms with Gasteiger partial charge in [-0.3, -0.25) is 4.40 Å². The maximum absolute atomic E-state index is 11.0. The molecule has 0 saturated heterocycles. The minimum atomic E-state index is -1.09. The van der Waals surface area contributed by atoms with Gasteiger partial charge in [0.1, 0.15) is 11.6 Å². The molecule has 0 amide bonds. The lowest BCUT2D eigenvalue weighted by atomic mass is 10.3. The number of hydrogen-bond acceptors (Lipinski definition) is 4. The summed E-state index contributed by atoms with van der Waals surface area (Å²) in [5.74, 6) is 0.0154. The van der Waals surface area contributed by atoms with E-state index in [0.717, 1.165) is 0 Å². The zero-order chi connectivity index (χ0) is 12.4. The van der Waals surface area contributed by atoms with Crippen LogP contribution in [-0.4, -0.2) is 39.3 Å². The molecule has 0 atom stereocenters. The Morgan fingerprint density at radius 1 is 1.53 bits per heavy atom. The van der Waals surface area contributed by atoms with Crippen LogP contribution in [0.2, 0.25) is 0 Å². The number of aliphatic hydroxyl groups excluding tert-OH is 1.